The molecule has 5 nitrogen and oxygen atoms in total. The highest BCUT2D eigenvalue weighted by Gasteiger charge is 2.22. The van der Waals surface area contributed by atoms with Crippen LogP contribution in [0.15, 0.2) is 9.98 Å². The molecule has 1 unspecified atom stereocenters. The van der Waals surface area contributed by atoms with E-state index in [1.807, 2.05) is 0 Å². The summed E-state index contributed by atoms with van der Waals surface area (Å²) in [4.78, 5) is 14.8. The molecule has 0 radical (unpaired) electrons. The van der Waals surface area contributed by atoms with Gasteiger partial charge in [0.05, 0.1) is 23.1 Å². The molecular formula is C7H8BrN3O2S. The second kappa shape index (κ2) is 4.14. The van der Waals surface area contributed by atoms with Crippen molar-refractivity contribution < 1.29 is 9.53 Å². The van der Waals surface area contributed by atoms with Crippen molar-refractivity contribution in [1.29, 1.82) is 0 Å². The summed E-state index contributed by atoms with van der Waals surface area (Å²) < 4.78 is 5.92. The molecule has 7 heteroatoms. The second-order valence-corrected chi connectivity index (χ2v) is 5.17. The molecule has 2 heterocycles. The lowest BCUT2D eigenvalue weighted by atomic mass is 10.4. The summed E-state index contributed by atoms with van der Waals surface area (Å²) in [7, 11) is 0. The van der Waals surface area contributed by atoms with E-state index in [1.165, 1.54) is 11.3 Å². The number of cyclic esters (lactones) is 1. The minimum Gasteiger partial charge on any atom is -0.442 e. The van der Waals surface area contributed by atoms with Gasteiger partial charge in [-0.15, -0.1) is 0 Å². The summed E-state index contributed by atoms with van der Waals surface area (Å²) in [5.41, 5.74) is 0. The Morgan fingerprint density at radius 1 is 1.86 bits per heavy atom. The largest absolute Gasteiger partial charge is 0.442 e. The Balaban J connectivity index is 1.80. The Morgan fingerprint density at radius 2 is 2.71 bits per heavy atom. The Kier molecular flexibility index (Phi) is 2.87. The molecule has 0 spiro atoms. The third-order valence-electron chi connectivity index (χ3n) is 1.71. The summed E-state index contributed by atoms with van der Waals surface area (Å²) in [5.74, 6) is 0. The summed E-state index contributed by atoms with van der Waals surface area (Å²) >= 11 is 4.82. The van der Waals surface area contributed by atoms with Gasteiger partial charge in [-0.3, -0.25) is 0 Å². The first-order chi connectivity index (χ1) is 6.74. The number of carbonyl (C=O) groups is 1. The second-order valence-electron chi connectivity index (χ2n) is 2.76. The van der Waals surface area contributed by atoms with Gasteiger partial charge in [0.1, 0.15) is 6.10 Å². The number of halogens is 1. The fraction of sp³-hybridized carbons (Fsp3) is 0.429. The average Bonchev–Trinajstić information content (AvgIpc) is 2.72. The standard InChI is InChI=1S/C7H8BrN3O2S/c8-5-3-10-6(14-5)9-1-4-2-11-7(12)13-4/h3-4H,1-2H2,(H,9,10)(H,11,12). The molecule has 1 aliphatic rings. The van der Waals surface area contributed by atoms with Gasteiger partial charge in [-0.05, 0) is 15.9 Å². The summed E-state index contributed by atoms with van der Waals surface area (Å²) in [6.45, 7) is 1.14. The number of alkyl carbamates (subject to hydrolysis) is 1. The molecule has 1 amide bonds. The van der Waals surface area contributed by atoms with Crippen LogP contribution in [0.1, 0.15) is 0 Å². The summed E-state index contributed by atoms with van der Waals surface area (Å²) in [6.07, 6.45) is 1.27. The predicted molar refractivity (Wildman–Crippen MR) is 56.6 cm³/mol. The van der Waals surface area contributed by atoms with Gasteiger partial charge in [-0.25, -0.2) is 9.78 Å². The number of anilines is 1. The maximum absolute atomic E-state index is 10.7. The highest BCUT2D eigenvalue weighted by Crippen LogP contribution is 2.23. The van der Waals surface area contributed by atoms with E-state index in [0.717, 1.165) is 8.92 Å². The third kappa shape index (κ3) is 2.36. The molecule has 1 atom stereocenters. The number of amides is 1. The molecule has 0 saturated carbocycles. The van der Waals surface area contributed by atoms with Gasteiger partial charge in [0.2, 0.25) is 0 Å². The minimum absolute atomic E-state index is 0.106. The van der Waals surface area contributed by atoms with Gasteiger partial charge >= 0.3 is 6.09 Å². The zero-order valence-electron chi connectivity index (χ0n) is 7.12. The third-order valence-corrected chi connectivity index (χ3v) is 3.14. The fourth-order valence-electron chi connectivity index (χ4n) is 1.08. The quantitative estimate of drug-likeness (QED) is 0.878. The topological polar surface area (TPSA) is 63.2 Å². The number of hydrogen-bond donors (Lipinski definition) is 2. The maximum atomic E-state index is 10.7. The lowest BCUT2D eigenvalue weighted by Gasteiger charge is -2.07. The van der Waals surface area contributed by atoms with Crippen molar-refractivity contribution in [2.75, 3.05) is 18.4 Å². The first-order valence-corrected chi connectivity index (χ1v) is 5.64. The molecule has 2 N–H and O–H groups in total. The zero-order chi connectivity index (χ0) is 9.97. The van der Waals surface area contributed by atoms with Crippen molar-refractivity contribution in [2.24, 2.45) is 0 Å². The van der Waals surface area contributed by atoms with Crippen LogP contribution in [0, 0.1) is 0 Å². The lowest BCUT2D eigenvalue weighted by Crippen LogP contribution is -2.23. The van der Waals surface area contributed by atoms with Crippen molar-refractivity contribution in [3.05, 3.63) is 9.98 Å². The molecule has 14 heavy (non-hydrogen) atoms. The number of hydrogen-bond acceptors (Lipinski definition) is 5. The number of ether oxygens (including phenoxy) is 1. The van der Waals surface area contributed by atoms with Crippen LogP contribution in [-0.4, -0.2) is 30.3 Å². The van der Waals surface area contributed by atoms with E-state index in [4.69, 9.17) is 4.74 Å². The molecule has 0 bridgehead atoms. The highest BCUT2D eigenvalue weighted by molar-refractivity contribution is 9.11. The molecule has 76 valence electrons. The zero-order valence-corrected chi connectivity index (χ0v) is 9.52. The van der Waals surface area contributed by atoms with Gasteiger partial charge in [-0.2, -0.15) is 0 Å². The highest BCUT2D eigenvalue weighted by atomic mass is 79.9. The first-order valence-electron chi connectivity index (χ1n) is 4.04. The molecule has 1 aromatic heterocycles. The predicted octanol–water partition coefficient (Wildman–Crippen LogP) is 1.43. The SMILES string of the molecule is O=C1NCC(CNc2ncc(Br)s2)O1. The van der Waals surface area contributed by atoms with E-state index in [0.29, 0.717) is 13.1 Å². The molecule has 1 aromatic rings. The molecule has 0 aromatic carbocycles. The molecule has 2 rings (SSSR count). The summed E-state index contributed by atoms with van der Waals surface area (Å²) in [5, 5.41) is 6.49. The lowest BCUT2D eigenvalue weighted by molar-refractivity contribution is 0.145. The van der Waals surface area contributed by atoms with Crippen LogP contribution in [0.5, 0.6) is 0 Å². The first kappa shape index (κ1) is 9.72. The van der Waals surface area contributed by atoms with Crippen molar-refractivity contribution in [1.82, 2.24) is 10.3 Å². The van der Waals surface area contributed by atoms with Crippen LogP contribution in [-0.2, 0) is 4.74 Å². The van der Waals surface area contributed by atoms with Crippen molar-refractivity contribution in [2.45, 2.75) is 6.10 Å². The Morgan fingerprint density at radius 3 is 3.29 bits per heavy atom. The molecule has 1 saturated heterocycles. The average molecular weight is 278 g/mol. The Hall–Kier alpha value is -0.820. The Labute approximate surface area is 93.0 Å². The fourth-order valence-corrected chi connectivity index (χ4v) is 2.20. The van der Waals surface area contributed by atoms with E-state index < -0.39 is 0 Å². The molecule has 1 aliphatic heterocycles. The van der Waals surface area contributed by atoms with Gasteiger partial charge in [0.25, 0.3) is 0 Å². The van der Waals surface area contributed by atoms with E-state index >= 15 is 0 Å². The molecule has 1 fully saturated rings. The van der Waals surface area contributed by atoms with Crippen molar-refractivity contribution >= 4 is 38.5 Å². The van der Waals surface area contributed by atoms with Crippen LogP contribution < -0.4 is 10.6 Å². The van der Waals surface area contributed by atoms with Gasteiger partial charge < -0.3 is 15.4 Å². The monoisotopic (exact) mass is 277 g/mol. The number of thiazole rings is 1. The molecular weight excluding hydrogens is 270 g/mol. The van der Waals surface area contributed by atoms with Crippen molar-refractivity contribution in [3.8, 4) is 0 Å². The van der Waals surface area contributed by atoms with Gasteiger partial charge in [0, 0.05) is 0 Å². The number of nitrogens with zero attached hydrogens (tertiary/aromatic N) is 1. The van der Waals surface area contributed by atoms with Gasteiger partial charge in [0.15, 0.2) is 5.13 Å². The number of carbonyl (C=O) groups excluding carboxylic acids is 1. The smallest absolute Gasteiger partial charge is 0.407 e. The number of aromatic nitrogens is 1. The van der Waals surface area contributed by atoms with Crippen LogP contribution in [0.3, 0.4) is 0 Å². The van der Waals surface area contributed by atoms with E-state index in [9.17, 15) is 4.79 Å². The van der Waals surface area contributed by atoms with Crippen LogP contribution in [0.25, 0.3) is 0 Å². The van der Waals surface area contributed by atoms with Crippen LogP contribution in [0.2, 0.25) is 0 Å². The number of nitrogens with one attached hydrogen (secondary N) is 2. The minimum atomic E-state index is -0.350. The van der Waals surface area contributed by atoms with E-state index in [2.05, 4.69) is 31.5 Å². The van der Waals surface area contributed by atoms with E-state index in [-0.39, 0.29) is 12.2 Å². The van der Waals surface area contributed by atoms with Crippen LogP contribution in [0.4, 0.5) is 9.93 Å². The van der Waals surface area contributed by atoms with Crippen molar-refractivity contribution in [3.63, 3.8) is 0 Å². The molecule has 0 aliphatic carbocycles. The Bertz CT molecular complexity index is 343. The van der Waals surface area contributed by atoms with Crippen LogP contribution >= 0.6 is 27.3 Å². The summed E-state index contributed by atoms with van der Waals surface area (Å²) in [6, 6.07) is 0. The number of rotatable bonds is 3. The maximum Gasteiger partial charge on any atom is 0.407 e. The van der Waals surface area contributed by atoms with Gasteiger partial charge in [-0.1, -0.05) is 11.3 Å². The van der Waals surface area contributed by atoms with E-state index in [1.54, 1.807) is 6.20 Å². The normalized spacial score (nSPS) is 20.4.